The zero-order valence-electron chi connectivity index (χ0n) is 15.8. The highest BCUT2D eigenvalue weighted by atomic mass is 19.4. The number of alkyl halides is 3. The molecule has 1 aromatic carbocycles. The molecule has 1 unspecified atom stereocenters. The fourth-order valence-corrected chi connectivity index (χ4v) is 2.66. The first-order valence-electron chi connectivity index (χ1n) is 8.69. The molecule has 8 nitrogen and oxygen atoms in total. The fourth-order valence-electron chi connectivity index (χ4n) is 2.66. The van der Waals surface area contributed by atoms with Crippen LogP contribution in [0.1, 0.15) is 18.7 Å². The molecular weight excluding hydrogens is 403 g/mol. The van der Waals surface area contributed by atoms with Crippen molar-refractivity contribution in [1.82, 2.24) is 19.6 Å². The van der Waals surface area contributed by atoms with Crippen LogP contribution in [0.15, 0.2) is 58.1 Å². The van der Waals surface area contributed by atoms with Crippen molar-refractivity contribution in [1.29, 1.82) is 0 Å². The predicted molar refractivity (Wildman–Crippen MR) is 102 cm³/mol. The molecule has 2 aromatic heterocycles. The summed E-state index contributed by atoms with van der Waals surface area (Å²) in [6, 6.07) is 9.30. The zero-order valence-corrected chi connectivity index (χ0v) is 15.8. The molecule has 0 bridgehead atoms. The van der Waals surface area contributed by atoms with Crippen LogP contribution in [-0.2, 0) is 18.0 Å². The van der Waals surface area contributed by atoms with Gasteiger partial charge in [-0.05, 0) is 25.1 Å². The molecule has 1 amide bonds. The molecular formula is C19H16F3N5O3. The van der Waals surface area contributed by atoms with Crippen LogP contribution in [0.3, 0.4) is 0 Å². The number of carbonyl (C=O) groups excluding carboxylic acids is 1. The Bertz CT molecular complexity index is 1220. The normalized spacial score (nSPS) is 12.4. The Morgan fingerprint density at radius 3 is 2.33 bits per heavy atom. The number of anilines is 1. The van der Waals surface area contributed by atoms with Gasteiger partial charge in [0.05, 0.1) is 11.4 Å². The van der Waals surface area contributed by atoms with Gasteiger partial charge in [0, 0.05) is 24.7 Å². The Morgan fingerprint density at radius 2 is 1.67 bits per heavy atom. The Labute approximate surface area is 167 Å². The van der Waals surface area contributed by atoms with Crippen molar-refractivity contribution in [2.75, 3.05) is 5.32 Å². The summed E-state index contributed by atoms with van der Waals surface area (Å²) in [5.41, 5.74) is -1.26. The SMILES string of the molecule is CC(C(=O)Nc1ccccc1-c1ccc(=O)n(C)n1)n1nc(C(F)(F)F)ccc1=O. The topological polar surface area (TPSA) is 98.9 Å². The number of halogens is 3. The maximum Gasteiger partial charge on any atom is 0.435 e. The largest absolute Gasteiger partial charge is 0.435 e. The minimum atomic E-state index is -4.76. The van der Waals surface area contributed by atoms with Crippen LogP contribution in [0.2, 0.25) is 0 Å². The number of amides is 1. The third-order valence-corrected chi connectivity index (χ3v) is 4.28. The van der Waals surface area contributed by atoms with Crippen LogP contribution in [-0.4, -0.2) is 25.5 Å². The lowest BCUT2D eigenvalue weighted by atomic mass is 10.1. The molecule has 0 radical (unpaired) electrons. The summed E-state index contributed by atoms with van der Waals surface area (Å²) < 4.78 is 40.3. The minimum Gasteiger partial charge on any atom is -0.324 e. The van der Waals surface area contributed by atoms with Gasteiger partial charge in [-0.2, -0.15) is 23.4 Å². The molecule has 156 valence electrons. The molecule has 0 aliphatic carbocycles. The van der Waals surface area contributed by atoms with Gasteiger partial charge in [0.1, 0.15) is 6.04 Å². The van der Waals surface area contributed by atoms with Gasteiger partial charge in [0.15, 0.2) is 5.69 Å². The lowest BCUT2D eigenvalue weighted by Crippen LogP contribution is -2.34. The summed E-state index contributed by atoms with van der Waals surface area (Å²) in [5, 5.41) is 9.98. The first-order valence-corrected chi connectivity index (χ1v) is 8.69. The molecule has 0 saturated carbocycles. The van der Waals surface area contributed by atoms with Crippen molar-refractivity contribution in [2.45, 2.75) is 19.1 Å². The monoisotopic (exact) mass is 419 g/mol. The van der Waals surface area contributed by atoms with Gasteiger partial charge in [-0.3, -0.25) is 14.4 Å². The lowest BCUT2D eigenvalue weighted by Gasteiger charge is -2.17. The standard InChI is InChI=1S/C19H16F3N5O3/c1-11(27-17(29)10-8-15(25-27)19(20,21)22)18(30)23-13-6-4-3-5-12(13)14-7-9-16(28)26(2)24-14/h3-11H,1-2H3,(H,23,30). The maximum atomic E-state index is 12.9. The quantitative estimate of drug-likeness (QED) is 0.699. The van der Waals surface area contributed by atoms with Crippen molar-refractivity contribution >= 4 is 11.6 Å². The molecule has 2 heterocycles. The van der Waals surface area contributed by atoms with Crippen molar-refractivity contribution in [3.8, 4) is 11.3 Å². The Hall–Kier alpha value is -3.76. The van der Waals surface area contributed by atoms with E-state index < -0.39 is 29.4 Å². The van der Waals surface area contributed by atoms with Crippen LogP contribution < -0.4 is 16.4 Å². The van der Waals surface area contributed by atoms with E-state index in [0.29, 0.717) is 33.8 Å². The molecule has 1 N–H and O–H groups in total. The molecule has 0 spiro atoms. The van der Waals surface area contributed by atoms with E-state index in [9.17, 15) is 27.6 Å². The molecule has 0 aliphatic rings. The molecule has 11 heteroatoms. The first kappa shape index (κ1) is 21.0. The molecule has 0 saturated heterocycles. The zero-order chi connectivity index (χ0) is 22.1. The van der Waals surface area contributed by atoms with E-state index in [1.165, 1.54) is 26.1 Å². The van der Waals surface area contributed by atoms with Gasteiger partial charge in [-0.25, -0.2) is 9.36 Å². The number of para-hydroxylation sites is 1. The summed E-state index contributed by atoms with van der Waals surface area (Å²) in [5.74, 6) is -0.749. The van der Waals surface area contributed by atoms with E-state index in [-0.39, 0.29) is 5.56 Å². The summed E-state index contributed by atoms with van der Waals surface area (Å²) in [6.07, 6.45) is -4.76. The van der Waals surface area contributed by atoms with Crippen molar-refractivity contribution in [3.63, 3.8) is 0 Å². The molecule has 3 rings (SSSR count). The first-order chi connectivity index (χ1) is 14.1. The Kier molecular flexibility index (Phi) is 5.54. The van der Waals surface area contributed by atoms with Crippen LogP contribution in [0, 0.1) is 0 Å². The third-order valence-electron chi connectivity index (χ3n) is 4.28. The van der Waals surface area contributed by atoms with E-state index in [1.54, 1.807) is 24.3 Å². The number of hydrogen-bond donors (Lipinski definition) is 1. The van der Waals surface area contributed by atoms with Crippen LogP contribution in [0.4, 0.5) is 18.9 Å². The Balaban J connectivity index is 1.93. The number of carbonyl (C=O) groups is 1. The second-order valence-corrected chi connectivity index (χ2v) is 6.39. The fraction of sp³-hybridized carbons (Fsp3) is 0.211. The minimum absolute atomic E-state index is 0.306. The smallest absolute Gasteiger partial charge is 0.324 e. The van der Waals surface area contributed by atoms with Crippen LogP contribution >= 0.6 is 0 Å². The third kappa shape index (κ3) is 4.29. The highest BCUT2D eigenvalue weighted by molar-refractivity contribution is 5.97. The number of nitrogens with one attached hydrogen (secondary N) is 1. The summed E-state index contributed by atoms with van der Waals surface area (Å²) >= 11 is 0. The maximum absolute atomic E-state index is 12.9. The molecule has 30 heavy (non-hydrogen) atoms. The van der Waals surface area contributed by atoms with E-state index in [0.717, 1.165) is 4.68 Å². The predicted octanol–water partition coefficient (Wildman–Crippen LogP) is 2.22. The van der Waals surface area contributed by atoms with Crippen LogP contribution in [0.25, 0.3) is 11.3 Å². The van der Waals surface area contributed by atoms with Gasteiger partial charge in [0.2, 0.25) is 5.91 Å². The lowest BCUT2D eigenvalue weighted by molar-refractivity contribution is -0.142. The van der Waals surface area contributed by atoms with Gasteiger partial charge < -0.3 is 5.32 Å². The molecule has 0 fully saturated rings. The number of benzene rings is 1. The van der Waals surface area contributed by atoms with Gasteiger partial charge >= 0.3 is 6.18 Å². The van der Waals surface area contributed by atoms with Crippen molar-refractivity contribution in [3.05, 3.63) is 74.9 Å². The van der Waals surface area contributed by atoms with Crippen LogP contribution in [0.5, 0.6) is 0 Å². The summed E-state index contributed by atoms with van der Waals surface area (Å²) in [6.45, 7) is 1.26. The highest BCUT2D eigenvalue weighted by Gasteiger charge is 2.34. The number of hydrogen-bond acceptors (Lipinski definition) is 5. The van der Waals surface area contributed by atoms with Gasteiger partial charge in [-0.1, -0.05) is 18.2 Å². The molecule has 3 aromatic rings. The summed E-state index contributed by atoms with van der Waals surface area (Å²) in [7, 11) is 1.47. The van der Waals surface area contributed by atoms with Gasteiger partial charge in [0.25, 0.3) is 11.1 Å². The average Bonchev–Trinajstić information content (AvgIpc) is 2.69. The Morgan fingerprint density at radius 1 is 1.00 bits per heavy atom. The molecule has 1 atom stereocenters. The van der Waals surface area contributed by atoms with Crippen molar-refractivity contribution in [2.24, 2.45) is 7.05 Å². The van der Waals surface area contributed by atoms with Gasteiger partial charge in [-0.15, -0.1) is 0 Å². The van der Waals surface area contributed by atoms with E-state index in [1.807, 2.05) is 0 Å². The second-order valence-electron chi connectivity index (χ2n) is 6.39. The number of aromatic nitrogens is 4. The number of nitrogens with zero attached hydrogens (tertiary/aromatic N) is 4. The number of aryl methyl sites for hydroxylation is 1. The second kappa shape index (κ2) is 7.93. The summed E-state index contributed by atoms with van der Waals surface area (Å²) in [4.78, 5) is 36.2. The highest BCUT2D eigenvalue weighted by Crippen LogP contribution is 2.28. The number of rotatable bonds is 4. The average molecular weight is 419 g/mol. The van der Waals surface area contributed by atoms with E-state index >= 15 is 0 Å². The van der Waals surface area contributed by atoms with E-state index in [2.05, 4.69) is 15.5 Å². The van der Waals surface area contributed by atoms with E-state index in [4.69, 9.17) is 0 Å². The molecule has 0 aliphatic heterocycles. The van der Waals surface area contributed by atoms with Crippen molar-refractivity contribution < 1.29 is 18.0 Å².